The van der Waals surface area contributed by atoms with Gasteiger partial charge in [-0.05, 0) is 31.0 Å². The summed E-state index contributed by atoms with van der Waals surface area (Å²) in [5.41, 5.74) is 0.856. The van der Waals surface area contributed by atoms with Crippen molar-refractivity contribution in [1.82, 2.24) is 10.3 Å². The molecule has 1 aromatic rings. The number of rotatable bonds is 3. The van der Waals surface area contributed by atoms with Gasteiger partial charge in [0.2, 0.25) is 0 Å². The van der Waals surface area contributed by atoms with Gasteiger partial charge in [-0.25, -0.2) is 4.39 Å². The highest BCUT2D eigenvalue weighted by Crippen LogP contribution is 2.23. The van der Waals surface area contributed by atoms with Gasteiger partial charge in [0.05, 0.1) is 5.02 Å². The van der Waals surface area contributed by atoms with Crippen LogP contribution >= 0.6 is 11.6 Å². The molecule has 1 N–H and O–H groups in total. The van der Waals surface area contributed by atoms with Gasteiger partial charge in [0.25, 0.3) is 0 Å². The van der Waals surface area contributed by atoms with E-state index in [1.54, 1.807) is 18.5 Å². The van der Waals surface area contributed by atoms with Crippen LogP contribution in [0, 0.1) is 5.92 Å². The molecule has 2 rings (SSSR count). The summed E-state index contributed by atoms with van der Waals surface area (Å²) in [5.74, 6) is 0.123. The minimum absolute atomic E-state index is 0.123. The van der Waals surface area contributed by atoms with E-state index in [2.05, 4.69) is 10.3 Å². The number of piperidine rings is 1. The van der Waals surface area contributed by atoms with Crippen molar-refractivity contribution >= 4 is 11.6 Å². The van der Waals surface area contributed by atoms with E-state index in [-0.39, 0.29) is 5.92 Å². The highest BCUT2D eigenvalue weighted by molar-refractivity contribution is 6.31. The Hall–Kier alpha value is -0.670. The van der Waals surface area contributed by atoms with Gasteiger partial charge in [-0.1, -0.05) is 11.6 Å². The molecule has 2 atom stereocenters. The maximum atomic E-state index is 14.0. The first-order valence-corrected chi connectivity index (χ1v) is 6.08. The molecule has 0 aromatic carbocycles. The molecule has 1 aromatic heterocycles. The van der Waals surface area contributed by atoms with Crippen LogP contribution in [0.2, 0.25) is 5.02 Å². The summed E-state index contributed by atoms with van der Waals surface area (Å²) in [7, 11) is 0. The molecule has 1 saturated heterocycles. The van der Waals surface area contributed by atoms with E-state index in [9.17, 15) is 4.39 Å². The molecule has 1 fully saturated rings. The van der Waals surface area contributed by atoms with Crippen LogP contribution in [-0.4, -0.2) is 24.2 Å². The van der Waals surface area contributed by atoms with E-state index >= 15 is 0 Å². The molecule has 0 saturated carbocycles. The van der Waals surface area contributed by atoms with Crippen LogP contribution < -0.4 is 5.32 Å². The fourth-order valence-corrected chi connectivity index (χ4v) is 2.33. The zero-order chi connectivity index (χ0) is 11.4. The van der Waals surface area contributed by atoms with Crippen molar-refractivity contribution in [1.29, 1.82) is 0 Å². The third-order valence-electron chi connectivity index (χ3n) is 3.12. The van der Waals surface area contributed by atoms with E-state index < -0.39 is 6.17 Å². The first-order chi connectivity index (χ1) is 7.77. The average molecular weight is 243 g/mol. The fraction of sp³-hybridized carbons (Fsp3) is 0.583. The van der Waals surface area contributed by atoms with Crippen LogP contribution in [0.5, 0.6) is 0 Å². The normalized spacial score (nSPS) is 23.0. The van der Waals surface area contributed by atoms with Gasteiger partial charge in [-0.3, -0.25) is 4.98 Å². The number of aromatic nitrogens is 1. The molecule has 0 spiro atoms. The Morgan fingerprint density at radius 3 is 3.19 bits per heavy atom. The Kier molecular flexibility index (Phi) is 4.13. The molecule has 88 valence electrons. The second-order valence-corrected chi connectivity index (χ2v) is 4.70. The Bertz CT molecular complexity index is 340. The first-order valence-electron chi connectivity index (χ1n) is 5.70. The number of halogens is 2. The molecule has 1 aliphatic rings. The molecule has 0 radical (unpaired) electrons. The lowest BCUT2D eigenvalue weighted by Crippen LogP contribution is -2.35. The predicted molar refractivity (Wildman–Crippen MR) is 63.4 cm³/mol. The maximum absolute atomic E-state index is 14.0. The molecular weight excluding hydrogens is 227 g/mol. The standard InChI is InChI=1S/C12H16ClFN2/c13-11-8-16-5-3-9(11)6-12(14)10-2-1-4-15-7-10/h3,5,8,10,12,15H,1-2,4,6-7H2. The summed E-state index contributed by atoms with van der Waals surface area (Å²) in [6.07, 6.45) is 4.85. The number of pyridine rings is 1. The molecule has 2 unspecified atom stereocenters. The summed E-state index contributed by atoms with van der Waals surface area (Å²) >= 11 is 5.96. The zero-order valence-electron chi connectivity index (χ0n) is 9.13. The molecule has 2 nitrogen and oxygen atoms in total. The number of hydrogen-bond donors (Lipinski definition) is 1. The van der Waals surface area contributed by atoms with Gasteiger partial charge in [0, 0.05) is 31.3 Å². The highest BCUT2D eigenvalue weighted by atomic mass is 35.5. The molecular formula is C12H16ClFN2. The highest BCUT2D eigenvalue weighted by Gasteiger charge is 2.23. The van der Waals surface area contributed by atoms with Gasteiger partial charge >= 0.3 is 0 Å². The second kappa shape index (κ2) is 5.60. The SMILES string of the molecule is FC(Cc1ccncc1Cl)C1CCCNC1. The van der Waals surface area contributed by atoms with Gasteiger partial charge < -0.3 is 5.32 Å². The molecule has 0 amide bonds. The van der Waals surface area contributed by atoms with Crippen molar-refractivity contribution in [3.05, 3.63) is 29.0 Å². The lowest BCUT2D eigenvalue weighted by molar-refractivity contribution is 0.191. The number of nitrogens with one attached hydrogen (secondary N) is 1. The van der Waals surface area contributed by atoms with Crippen molar-refractivity contribution in [2.75, 3.05) is 13.1 Å². The Balaban J connectivity index is 1.96. The summed E-state index contributed by atoms with van der Waals surface area (Å²) in [4.78, 5) is 3.90. The summed E-state index contributed by atoms with van der Waals surface area (Å²) < 4.78 is 14.0. The minimum atomic E-state index is -0.812. The lowest BCUT2D eigenvalue weighted by atomic mass is 9.91. The van der Waals surface area contributed by atoms with Gasteiger partial charge in [-0.2, -0.15) is 0 Å². The zero-order valence-corrected chi connectivity index (χ0v) is 9.88. The average Bonchev–Trinajstić information content (AvgIpc) is 2.33. The van der Waals surface area contributed by atoms with E-state index in [0.29, 0.717) is 11.4 Å². The van der Waals surface area contributed by atoms with Crippen molar-refractivity contribution in [3.8, 4) is 0 Å². The fourth-order valence-electron chi connectivity index (χ4n) is 2.13. The maximum Gasteiger partial charge on any atom is 0.108 e. The Morgan fingerprint density at radius 2 is 2.50 bits per heavy atom. The summed E-state index contributed by atoms with van der Waals surface area (Å²) in [5, 5.41) is 3.79. The van der Waals surface area contributed by atoms with E-state index in [4.69, 9.17) is 11.6 Å². The smallest absolute Gasteiger partial charge is 0.108 e. The van der Waals surface area contributed by atoms with Gasteiger partial charge in [0.1, 0.15) is 6.17 Å². The molecule has 4 heteroatoms. The monoisotopic (exact) mass is 242 g/mol. The van der Waals surface area contributed by atoms with Gasteiger partial charge in [0.15, 0.2) is 0 Å². The van der Waals surface area contributed by atoms with Crippen LogP contribution in [-0.2, 0) is 6.42 Å². The Morgan fingerprint density at radius 1 is 1.62 bits per heavy atom. The molecule has 0 aliphatic carbocycles. The number of nitrogens with zero attached hydrogens (tertiary/aromatic N) is 1. The van der Waals surface area contributed by atoms with Crippen LogP contribution in [0.25, 0.3) is 0 Å². The molecule has 0 bridgehead atoms. The molecule has 16 heavy (non-hydrogen) atoms. The van der Waals surface area contributed by atoms with Crippen molar-refractivity contribution in [2.24, 2.45) is 5.92 Å². The van der Waals surface area contributed by atoms with Gasteiger partial charge in [-0.15, -0.1) is 0 Å². The Labute approximate surface area is 100 Å². The molecule has 1 aliphatic heterocycles. The lowest BCUT2D eigenvalue weighted by Gasteiger charge is -2.26. The van der Waals surface area contributed by atoms with Crippen molar-refractivity contribution in [2.45, 2.75) is 25.4 Å². The number of hydrogen-bond acceptors (Lipinski definition) is 2. The summed E-state index contributed by atoms with van der Waals surface area (Å²) in [6.45, 7) is 1.79. The van der Waals surface area contributed by atoms with Crippen molar-refractivity contribution in [3.63, 3.8) is 0 Å². The topological polar surface area (TPSA) is 24.9 Å². The third kappa shape index (κ3) is 2.92. The minimum Gasteiger partial charge on any atom is -0.316 e. The summed E-state index contributed by atoms with van der Waals surface area (Å²) in [6, 6.07) is 1.80. The van der Waals surface area contributed by atoms with E-state index in [1.165, 1.54) is 0 Å². The predicted octanol–water partition coefficient (Wildman–Crippen LogP) is 2.62. The van der Waals surface area contributed by atoms with Crippen LogP contribution in [0.1, 0.15) is 18.4 Å². The quantitative estimate of drug-likeness (QED) is 0.882. The third-order valence-corrected chi connectivity index (χ3v) is 3.46. The van der Waals surface area contributed by atoms with Crippen LogP contribution in [0.4, 0.5) is 4.39 Å². The van der Waals surface area contributed by atoms with E-state index in [0.717, 1.165) is 31.5 Å². The van der Waals surface area contributed by atoms with E-state index in [1.807, 2.05) is 0 Å². The second-order valence-electron chi connectivity index (χ2n) is 4.29. The van der Waals surface area contributed by atoms with Crippen molar-refractivity contribution < 1.29 is 4.39 Å². The van der Waals surface area contributed by atoms with Crippen LogP contribution in [0.15, 0.2) is 18.5 Å². The largest absolute Gasteiger partial charge is 0.316 e. The number of alkyl halides is 1. The van der Waals surface area contributed by atoms with Crippen LogP contribution in [0.3, 0.4) is 0 Å². The molecule has 2 heterocycles. The first kappa shape index (κ1) is 11.8.